The van der Waals surface area contributed by atoms with Crippen molar-refractivity contribution in [2.24, 2.45) is 5.10 Å². The molecule has 194 valence electrons. The summed E-state index contributed by atoms with van der Waals surface area (Å²) in [6.45, 7) is 6.18. The Balaban J connectivity index is 1.46. The largest absolute Gasteiger partial charge is 0.573 e. The van der Waals surface area contributed by atoms with E-state index in [1.807, 2.05) is 30.1 Å². The molecule has 1 aliphatic heterocycles. The van der Waals surface area contributed by atoms with Gasteiger partial charge in [-0.15, -0.1) is 13.2 Å². The van der Waals surface area contributed by atoms with Crippen molar-refractivity contribution in [1.82, 2.24) is 0 Å². The number of benzene rings is 3. The molecule has 3 aromatic carbocycles. The van der Waals surface area contributed by atoms with Gasteiger partial charge in [-0.1, -0.05) is 44.2 Å². The van der Waals surface area contributed by atoms with Crippen LogP contribution in [-0.2, 0) is 0 Å². The number of carbonyl (C=O) groups excluding carboxylic acids is 1. The maximum absolute atomic E-state index is 12.6. The minimum atomic E-state index is -4.79. The monoisotopic (exact) mass is 512 g/mol. The quantitative estimate of drug-likeness (QED) is 0.347. The van der Waals surface area contributed by atoms with E-state index in [0.29, 0.717) is 29.5 Å². The van der Waals surface area contributed by atoms with Gasteiger partial charge in [0.15, 0.2) is 6.23 Å². The summed E-state index contributed by atoms with van der Waals surface area (Å²) in [6, 6.07) is 19.3. The molecular formula is C27H27F3N4O3. The van der Waals surface area contributed by atoms with Crippen molar-refractivity contribution in [3.63, 3.8) is 0 Å². The summed E-state index contributed by atoms with van der Waals surface area (Å²) in [5, 5.41) is 11.9. The van der Waals surface area contributed by atoms with Crippen LogP contribution in [-0.4, -0.2) is 24.3 Å². The van der Waals surface area contributed by atoms with E-state index in [-0.39, 0.29) is 5.75 Å². The molecule has 3 aromatic rings. The molecule has 0 saturated heterocycles. The maximum atomic E-state index is 12.6. The number of nitrogens with one attached hydrogen (secondary N) is 2. The van der Waals surface area contributed by atoms with Gasteiger partial charge in [-0.3, -0.25) is 0 Å². The molecule has 0 aromatic heterocycles. The Bertz CT molecular complexity index is 1280. The molecule has 0 radical (unpaired) electrons. The lowest BCUT2D eigenvalue weighted by atomic mass is 10.0. The number of hydrogen-bond donors (Lipinski definition) is 2. The maximum Gasteiger partial charge on any atom is 0.573 e. The van der Waals surface area contributed by atoms with E-state index in [9.17, 15) is 18.0 Å². The van der Waals surface area contributed by atoms with Crippen LogP contribution in [0.1, 0.15) is 38.7 Å². The van der Waals surface area contributed by atoms with E-state index >= 15 is 0 Å². The second kappa shape index (κ2) is 10.8. The van der Waals surface area contributed by atoms with E-state index in [1.165, 1.54) is 12.1 Å². The summed E-state index contributed by atoms with van der Waals surface area (Å²) < 4.78 is 47.2. The number of alkyl halides is 3. The molecule has 1 aliphatic rings. The van der Waals surface area contributed by atoms with Crippen LogP contribution in [0.25, 0.3) is 0 Å². The molecule has 7 nitrogen and oxygen atoms in total. The Hall–Kier alpha value is -4.21. The smallest absolute Gasteiger partial charge is 0.466 e. The summed E-state index contributed by atoms with van der Waals surface area (Å²) in [6.07, 6.45) is -4.61. The van der Waals surface area contributed by atoms with Gasteiger partial charge in [0, 0.05) is 17.8 Å². The zero-order valence-electron chi connectivity index (χ0n) is 20.5. The molecule has 37 heavy (non-hydrogen) atoms. The van der Waals surface area contributed by atoms with Gasteiger partial charge in [0.05, 0.1) is 11.4 Å². The van der Waals surface area contributed by atoms with Crippen LogP contribution in [0, 0.1) is 0 Å². The van der Waals surface area contributed by atoms with E-state index in [2.05, 4.69) is 35.3 Å². The Morgan fingerprint density at radius 2 is 1.68 bits per heavy atom. The standard InChI is InChI=1S/C27H27F3N4O3/c1-17(2)21-8-4-6-10-23(21)34-25(16-18(3)33-34)36-24-11-7-5-9-22(24)32-26(35)31-19-12-14-20(15-13-19)37-27(28,29)30/h4-15,17,25H,16H2,1-3H3,(H2,31,32,35). The number of ether oxygens (including phenoxy) is 2. The van der Waals surface area contributed by atoms with Gasteiger partial charge in [-0.25, -0.2) is 9.80 Å². The van der Waals surface area contributed by atoms with Crippen molar-refractivity contribution in [3.05, 3.63) is 78.4 Å². The van der Waals surface area contributed by atoms with Gasteiger partial charge in [0.1, 0.15) is 11.5 Å². The number of rotatable bonds is 7. The SMILES string of the molecule is CC1=NN(c2ccccc2C(C)C)C(Oc2ccccc2NC(=O)Nc2ccc(OC(F)(F)F)cc2)C1. The van der Waals surface area contributed by atoms with Crippen LogP contribution in [0.3, 0.4) is 0 Å². The summed E-state index contributed by atoms with van der Waals surface area (Å²) in [5.74, 6) is 0.364. The minimum absolute atomic E-state index is 0.291. The summed E-state index contributed by atoms with van der Waals surface area (Å²) in [7, 11) is 0. The van der Waals surface area contributed by atoms with Crippen LogP contribution in [0.4, 0.5) is 35.0 Å². The molecule has 1 heterocycles. The lowest BCUT2D eigenvalue weighted by Crippen LogP contribution is -2.33. The third kappa shape index (κ3) is 6.72. The zero-order valence-corrected chi connectivity index (χ0v) is 20.5. The second-order valence-corrected chi connectivity index (χ2v) is 8.82. The fourth-order valence-corrected chi connectivity index (χ4v) is 3.96. The van der Waals surface area contributed by atoms with Crippen molar-refractivity contribution in [1.29, 1.82) is 0 Å². The predicted molar refractivity (Wildman–Crippen MR) is 137 cm³/mol. The molecule has 2 N–H and O–H groups in total. The molecule has 4 rings (SSSR count). The Kier molecular flexibility index (Phi) is 7.56. The first-order valence-corrected chi connectivity index (χ1v) is 11.7. The number of anilines is 3. The first-order chi connectivity index (χ1) is 17.6. The first-order valence-electron chi connectivity index (χ1n) is 11.7. The lowest BCUT2D eigenvalue weighted by molar-refractivity contribution is -0.274. The molecule has 0 spiro atoms. The van der Waals surface area contributed by atoms with Gasteiger partial charge < -0.3 is 20.1 Å². The van der Waals surface area contributed by atoms with Gasteiger partial charge in [-0.05, 0) is 60.9 Å². The highest BCUT2D eigenvalue weighted by Crippen LogP contribution is 2.35. The van der Waals surface area contributed by atoms with E-state index in [0.717, 1.165) is 29.1 Å². The van der Waals surface area contributed by atoms with E-state index in [1.54, 1.807) is 24.3 Å². The zero-order chi connectivity index (χ0) is 26.6. The highest BCUT2D eigenvalue weighted by atomic mass is 19.4. The molecule has 0 saturated carbocycles. The fraction of sp³-hybridized carbons (Fsp3) is 0.259. The molecule has 0 aliphatic carbocycles. The Morgan fingerprint density at radius 1 is 1.00 bits per heavy atom. The number of urea groups is 1. The number of para-hydroxylation sites is 3. The average Bonchev–Trinajstić information content (AvgIpc) is 3.20. The topological polar surface area (TPSA) is 75.2 Å². The summed E-state index contributed by atoms with van der Waals surface area (Å²) >= 11 is 0. The fourth-order valence-electron chi connectivity index (χ4n) is 3.96. The number of amides is 2. The molecule has 1 unspecified atom stereocenters. The van der Waals surface area contributed by atoms with Crippen molar-refractivity contribution < 1.29 is 27.4 Å². The van der Waals surface area contributed by atoms with Crippen LogP contribution >= 0.6 is 0 Å². The van der Waals surface area contributed by atoms with Gasteiger partial charge in [-0.2, -0.15) is 5.10 Å². The van der Waals surface area contributed by atoms with Crippen LogP contribution in [0.15, 0.2) is 77.9 Å². The number of hydrazone groups is 1. The number of halogens is 3. The third-order valence-corrected chi connectivity index (χ3v) is 5.57. The molecule has 10 heteroatoms. The van der Waals surface area contributed by atoms with Crippen molar-refractivity contribution in [3.8, 4) is 11.5 Å². The number of hydrogen-bond acceptors (Lipinski definition) is 5. The van der Waals surface area contributed by atoms with Crippen molar-refractivity contribution in [2.75, 3.05) is 15.6 Å². The first kappa shape index (κ1) is 25.9. The Labute approximate surface area is 212 Å². The normalized spacial score (nSPS) is 15.4. The average molecular weight is 513 g/mol. The van der Waals surface area contributed by atoms with Gasteiger partial charge in [0.25, 0.3) is 0 Å². The predicted octanol–water partition coefficient (Wildman–Crippen LogP) is 7.34. The molecule has 2 amide bonds. The number of carbonyl (C=O) groups is 1. The number of nitrogens with zero attached hydrogens (tertiary/aromatic N) is 2. The summed E-state index contributed by atoms with van der Waals surface area (Å²) in [4.78, 5) is 12.6. The molecule has 0 bridgehead atoms. The van der Waals surface area contributed by atoms with Crippen LogP contribution < -0.4 is 25.1 Å². The second-order valence-electron chi connectivity index (χ2n) is 8.82. The van der Waals surface area contributed by atoms with E-state index < -0.39 is 18.6 Å². The third-order valence-electron chi connectivity index (χ3n) is 5.57. The highest BCUT2D eigenvalue weighted by molar-refractivity contribution is 6.00. The molecule has 1 atom stereocenters. The van der Waals surface area contributed by atoms with Crippen LogP contribution in [0.2, 0.25) is 0 Å². The minimum Gasteiger partial charge on any atom is -0.466 e. The van der Waals surface area contributed by atoms with E-state index in [4.69, 9.17) is 9.84 Å². The van der Waals surface area contributed by atoms with Crippen molar-refractivity contribution in [2.45, 2.75) is 45.7 Å². The lowest BCUT2D eigenvalue weighted by Gasteiger charge is -2.28. The van der Waals surface area contributed by atoms with Crippen molar-refractivity contribution >= 4 is 28.8 Å². The van der Waals surface area contributed by atoms with Crippen LogP contribution in [0.5, 0.6) is 11.5 Å². The molecule has 0 fully saturated rings. The van der Waals surface area contributed by atoms with Gasteiger partial charge >= 0.3 is 12.4 Å². The summed E-state index contributed by atoms with van der Waals surface area (Å²) in [5.41, 5.74) is 3.75. The Morgan fingerprint density at radius 3 is 2.38 bits per heavy atom. The highest BCUT2D eigenvalue weighted by Gasteiger charge is 2.31. The van der Waals surface area contributed by atoms with Gasteiger partial charge in [0.2, 0.25) is 0 Å². The molecular weight excluding hydrogens is 485 g/mol.